The summed E-state index contributed by atoms with van der Waals surface area (Å²) in [6, 6.07) is 9.28. The number of phenolic OH excluding ortho intramolecular Hbond substituents is 1. The standard InChI is InChI=1S/C24H27FO6/c25-19-14-18(21(27)15-22(19)31-24-6-2-4-12-29-24)20(26)13-16-7-9-17(10-8-16)30-23-5-1-3-11-28-23/h7-10,14-15,23-24,27H,1-6,11-13H2. The first-order chi connectivity index (χ1) is 15.1. The second-order valence-corrected chi connectivity index (χ2v) is 7.87. The van der Waals surface area contributed by atoms with Gasteiger partial charge in [0.05, 0.1) is 18.8 Å². The summed E-state index contributed by atoms with van der Waals surface area (Å²) < 4.78 is 36.8. The van der Waals surface area contributed by atoms with Crippen LogP contribution in [0.15, 0.2) is 36.4 Å². The van der Waals surface area contributed by atoms with Crippen LogP contribution in [0.1, 0.15) is 54.4 Å². The summed E-state index contributed by atoms with van der Waals surface area (Å²) in [4.78, 5) is 12.6. The molecule has 2 aromatic rings. The van der Waals surface area contributed by atoms with Crippen molar-refractivity contribution in [3.63, 3.8) is 0 Å². The van der Waals surface area contributed by atoms with Gasteiger partial charge in [-0.2, -0.15) is 0 Å². The Balaban J connectivity index is 1.37. The molecule has 2 atom stereocenters. The lowest BCUT2D eigenvalue weighted by atomic mass is 10.0. The summed E-state index contributed by atoms with van der Waals surface area (Å²) >= 11 is 0. The van der Waals surface area contributed by atoms with Crippen LogP contribution in [0.25, 0.3) is 0 Å². The van der Waals surface area contributed by atoms with Gasteiger partial charge in [-0.15, -0.1) is 0 Å². The van der Waals surface area contributed by atoms with Crippen LogP contribution >= 0.6 is 0 Å². The zero-order valence-electron chi connectivity index (χ0n) is 17.3. The molecule has 166 valence electrons. The summed E-state index contributed by atoms with van der Waals surface area (Å²) in [5.74, 6) is -0.852. The number of Topliss-reactive ketones (excluding diaryl/α,β-unsaturated/α-hetero) is 1. The molecule has 2 heterocycles. The average molecular weight is 430 g/mol. The predicted octanol–water partition coefficient (Wildman–Crippen LogP) is 4.77. The second kappa shape index (κ2) is 10.1. The molecule has 0 aliphatic carbocycles. The van der Waals surface area contributed by atoms with Crippen LogP contribution in [-0.4, -0.2) is 36.7 Å². The molecule has 0 radical (unpaired) electrons. The molecule has 2 aliphatic rings. The van der Waals surface area contributed by atoms with Gasteiger partial charge in [-0.1, -0.05) is 12.1 Å². The highest BCUT2D eigenvalue weighted by Gasteiger charge is 2.21. The Morgan fingerprint density at radius 2 is 1.61 bits per heavy atom. The molecule has 0 amide bonds. The maximum absolute atomic E-state index is 14.5. The van der Waals surface area contributed by atoms with Crippen molar-refractivity contribution in [3.05, 3.63) is 53.3 Å². The van der Waals surface area contributed by atoms with E-state index in [9.17, 15) is 14.3 Å². The number of phenols is 1. The lowest BCUT2D eigenvalue weighted by Gasteiger charge is -2.23. The Labute approximate surface area is 180 Å². The topological polar surface area (TPSA) is 74.2 Å². The molecule has 0 spiro atoms. The molecule has 7 heteroatoms. The third-order valence-corrected chi connectivity index (χ3v) is 5.44. The number of hydrogen-bond acceptors (Lipinski definition) is 6. The normalized spacial score (nSPS) is 21.5. The van der Waals surface area contributed by atoms with Gasteiger partial charge >= 0.3 is 0 Å². The molecular weight excluding hydrogens is 403 g/mol. The molecule has 2 unspecified atom stereocenters. The number of aromatic hydroxyl groups is 1. The Bertz CT molecular complexity index is 886. The summed E-state index contributed by atoms with van der Waals surface area (Å²) in [5, 5.41) is 10.3. The Morgan fingerprint density at radius 1 is 0.968 bits per heavy atom. The number of halogens is 1. The maximum atomic E-state index is 14.5. The van der Waals surface area contributed by atoms with Gasteiger partial charge in [0.2, 0.25) is 0 Å². The quantitative estimate of drug-likeness (QED) is 0.638. The predicted molar refractivity (Wildman–Crippen MR) is 111 cm³/mol. The van der Waals surface area contributed by atoms with Crippen LogP contribution in [0.4, 0.5) is 4.39 Å². The molecule has 2 aromatic carbocycles. The summed E-state index contributed by atoms with van der Waals surface area (Å²) in [6.07, 6.45) is 4.79. The first-order valence-electron chi connectivity index (χ1n) is 10.8. The molecule has 2 aliphatic heterocycles. The van der Waals surface area contributed by atoms with Gasteiger partial charge < -0.3 is 24.1 Å². The van der Waals surface area contributed by atoms with Crippen LogP contribution in [0.3, 0.4) is 0 Å². The van der Waals surface area contributed by atoms with Gasteiger partial charge in [0.25, 0.3) is 0 Å². The first-order valence-corrected chi connectivity index (χ1v) is 10.8. The van der Waals surface area contributed by atoms with Crippen LogP contribution in [0, 0.1) is 5.82 Å². The minimum atomic E-state index is -0.702. The van der Waals surface area contributed by atoms with E-state index in [2.05, 4.69) is 0 Å². The third-order valence-electron chi connectivity index (χ3n) is 5.44. The number of hydrogen-bond donors (Lipinski definition) is 1. The minimum Gasteiger partial charge on any atom is -0.507 e. The zero-order valence-corrected chi connectivity index (χ0v) is 17.3. The van der Waals surface area contributed by atoms with E-state index in [1.54, 1.807) is 24.3 Å². The summed E-state index contributed by atoms with van der Waals surface area (Å²) in [5.41, 5.74) is 0.656. The number of benzene rings is 2. The van der Waals surface area contributed by atoms with Crippen LogP contribution in [-0.2, 0) is 15.9 Å². The van der Waals surface area contributed by atoms with Crippen molar-refractivity contribution in [1.29, 1.82) is 0 Å². The van der Waals surface area contributed by atoms with Crippen molar-refractivity contribution >= 4 is 5.78 Å². The molecular formula is C24H27FO6. The summed E-state index contributed by atoms with van der Waals surface area (Å²) in [6.45, 7) is 1.27. The largest absolute Gasteiger partial charge is 0.507 e. The zero-order chi connectivity index (χ0) is 21.6. The molecule has 2 fully saturated rings. The van der Waals surface area contributed by atoms with Crippen molar-refractivity contribution in [3.8, 4) is 17.2 Å². The number of carbonyl (C=O) groups excluding carboxylic acids is 1. The van der Waals surface area contributed by atoms with Gasteiger partial charge in [0, 0.05) is 25.3 Å². The monoisotopic (exact) mass is 430 g/mol. The van der Waals surface area contributed by atoms with Gasteiger partial charge in [0.1, 0.15) is 11.5 Å². The van der Waals surface area contributed by atoms with E-state index in [1.807, 2.05) is 0 Å². The van der Waals surface area contributed by atoms with Gasteiger partial charge in [-0.3, -0.25) is 4.79 Å². The lowest BCUT2D eigenvalue weighted by molar-refractivity contribution is -0.107. The van der Waals surface area contributed by atoms with E-state index in [-0.39, 0.29) is 35.6 Å². The molecule has 1 N–H and O–H groups in total. The molecule has 0 bridgehead atoms. The SMILES string of the molecule is O=C(Cc1ccc(OC2CCCCO2)cc1)c1cc(F)c(OC2CCCCO2)cc1O. The van der Waals surface area contributed by atoms with Gasteiger partial charge in [-0.25, -0.2) is 4.39 Å². The summed E-state index contributed by atoms with van der Waals surface area (Å²) in [7, 11) is 0. The Kier molecular flexibility index (Phi) is 7.04. The van der Waals surface area contributed by atoms with Crippen molar-refractivity contribution in [1.82, 2.24) is 0 Å². The van der Waals surface area contributed by atoms with Gasteiger partial charge in [0.15, 0.2) is 29.9 Å². The highest BCUT2D eigenvalue weighted by atomic mass is 19.1. The Hall–Kier alpha value is -2.64. The van der Waals surface area contributed by atoms with Crippen LogP contribution in [0.5, 0.6) is 17.2 Å². The third kappa shape index (κ3) is 5.74. The fraction of sp³-hybridized carbons (Fsp3) is 0.458. The molecule has 6 nitrogen and oxygen atoms in total. The number of carbonyl (C=O) groups is 1. The van der Waals surface area contributed by atoms with Crippen molar-refractivity contribution in [2.45, 2.75) is 57.5 Å². The number of rotatable bonds is 7. The van der Waals surface area contributed by atoms with E-state index >= 15 is 0 Å². The van der Waals surface area contributed by atoms with Crippen molar-refractivity contribution in [2.24, 2.45) is 0 Å². The maximum Gasteiger partial charge on any atom is 0.199 e. The van der Waals surface area contributed by atoms with E-state index in [1.165, 1.54) is 0 Å². The fourth-order valence-corrected chi connectivity index (χ4v) is 3.72. The molecule has 31 heavy (non-hydrogen) atoms. The van der Waals surface area contributed by atoms with E-state index in [4.69, 9.17) is 18.9 Å². The lowest BCUT2D eigenvalue weighted by Crippen LogP contribution is -2.25. The molecule has 4 rings (SSSR count). The highest BCUT2D eigenvalue weighted by molar-refractivity contribution is 6.00. The molecule has 0 aromatic heterocycles. The van der Waals surface area contributed by atoms with Crippen LogP contribution < -0.4 is 9.47 Å². The smallest absolute Gasteiger partial charge is 0.199 e. The van der Waals surface area contributed by atoms with E-state index in [0.29, 0.717) is 25.4 Å². The minimum absolute atomic E-state index is 0.0269. The van der Waals surface area contributed by atoms with E-state index < -0.39 is 12.1 Å². The molecule has 2 saturated heterocycles. The Morgan fingerprint density at radius 3 is 2.23 bits per heavy atom. The fourth-order valence-electron chi connectivity index (χ4n) is 3.72. The van der Waals surface area contributed by atoms with Crippen molar-refractivity contribution < 1.29 is 33.2 Å². The average Bonchev–Trinajstić information content (AvgIpc) is 2.79. The van der Waals surface area contributed by atoms with E-state index in [0.717, 1.165) is 49.8 Å². The van der Waals surface area contributed by atoms with Crippen LogP contribution in [0.2, 0.25) is 0 Å². The second-order valence-electron chi connectivity index (χ2n) is 7.87. The number of ketones is 1. The molecule has 0 saturated carbocycles. The highest BCUT2D eigenvalue weighted by Crippen LogP contribution is 2.30. The van der Waals surface area contributed by atoms with Crippen molar-refractivity contribution in [2.75, 3.05) is 13.2 Å². The first kappa shape index (κ1) is 21.6. The number of ether oxygens (including phenoxy) is 4. The van der Waals surface area contributed by atoms with Gasteiger partial charge in [-0.05, 0) is 49.4 Å².